The van der Waals surface area contributed by atoms with Gasteiger partial charge < -0.3 is 5.11 Å². The van der Waals surface area contributed by atoms with E-state index < -0.39 is 10.0 Å². The summed E-state index contributed by atoms with van der Waals surface area (Å²) < 4.78 is 27.3. The quantitative estimate of drug-likeness (QED) is 0.813. The van der Waals surface area contributed by atoms with Gasteiger partial charge in [0.2, 0.25) is 10.0 Å². The molecule has 1 heterocycles. The highest BCUT2D eigenvalue weighted by Crippen LogP contribution is 2.27. The molecule has 0 amide bonds. The van der Waals surface area contributed by atoms with Crippen molar-refractivity contribution < 1.29 is 13.5 Å². The van der Waals surface area contributed by atoms with E-state index >= 15 is 0 Å². The van der Waals surface area contributed by atoms with E-state index in [1.54, 1.807) is 18.2 Å². The van der Waals surface area contributed by atoms with Gasteiger partial charge in [-0.05, 0) is 47.6 Å². The lowest BCUT2D eigenvalue weighted by Gasteiger charge is -2.33. The maximum Gasteiger partial charge on any atom is 0.244 e. The number of sulfonamides is 1. The zero-order valence-corrected chi connectivity index (χ0v) is 12.9. The molecule has 0 saturated carbocycles. The van der Waals surface area contributed by atoms with Crippen molar-refractivity contribution in [3.05, 3.63) is 27.8 Å². The van der Waals surface area contributed by atoms with Crippen LogP contribution in [0.5, 0.6) is 0 Å². The average Bonchev–Trinajstić information content (AvgIpc) is 2.39. The van der Waals surface area contributed by atoms with Crippen molar-refractivity contribution in [3.8, 4) is 0 Å². The summed E-state index contributed by atoms with van der Waals surface area (Å²) in [5, 5.41) is 9.33. The van der Waals surface area contributed by atoms with Gasteiger partial charge in [-0.15, -0.1) is 0 Å². The predicted octanol–water partition coefficient (Wildman–Crippen LogP) is 1.83. The maximum atomic E-state index is 12.6. The third-order valence-electron chi connectivity index (χ3n) is 3.21. The van der Waals surface area contributed by atoms with Gasteiger partial charge in [-0.3, -0.25) is 0 Å². The molecular formula is C12H16INO3S. The summed E-state index contributed by atoms with van der Waals surface area (Å²) in [6, 6.07) is 6.68. The second-order valence-corrected chi connectivity index (χ2v) is 7.40. The highest BCUT2D eigenvalue weighted by atomic mass is 127. The van der Waals surface area contributed by atoms with Crippen LogP contribution in [0.1, 0.15) is 19.3 Å². The van der Waals surface area contributed by atoms with Crippen molar-refractivity contribution in [1.82, 2.24) is 4.31 Å². The standard InChI is InChI=1S/C12H16INO3S/c13-11-6-1-2-7-12(11)18(16,17)14-8-4-3-5-10(14)9-15/h1-2,6-7,10,15H,3-5,8-9H2/t10-/m0/s1. The number of aliphatic hydroxyl groups excluding tert-OH is 1. The number of hydrogen-bond donors (Lipinski definition) is 1. The number of hydrogen-bond acceptors (Lipinski definition) is 3. The molecule has 1 aliphatic rings. The van der Waals surface area contributed by atoms with Crippen LogP contribution in [0.25, 0.3) is 0 Å². The molecule has 0 bridgehead atoms. The molecule has 1 saturated heterocycles. The Hall–Kier alpha value is -0.180. The first-order valence-electron chi connectivity index (χ1n) is 5.94. The lowest BCUT2D eigenvalue weighted by Crippen LogP contribution is -2.45. The van der Waals surface area contributed by atoms with E-state index in [0.717, 1.165) is 22.8 Å². The van der Waals surface area contributed by atoms with E-state index in [1.807, 2.05) is 28.7 Å². The predicted molar refractivity (Wildman–Crippen MR) is 77.8 cm³/mol. The Kier molecular flexibility index (Phi) is 4.63. The van der Waals surface area contributed by atoms with Crippen molar-refractivity contribution in [3.63, 3.8) is 0 Å². The van der Waals surface area contributed by atoms with Crippen LogP contribution in [0.4, 0.5) is 0 Å². The van der Waals surface area contributed by atoms with Crippen LogP contribution in [0, 0.1) is 3.57 Å². The summed E-state index contributed by atoms with van der Waals surface area (Å²) in [6.07, 6.45) is 2.57. The molecule has 0 aliphatic carbocycles. The molecule has 0 unspecified atom stereocenters. The first-order chi connectivity index (χ1) is 8.57. The van der Waals surface area contributed by atoms with E-state index in [9.17, 15) is 13.5 Å². The summed E-state index contributed by atoms with van der Waals surface area (Å²) in [5.74, 6) is 0. The Labute approximate surface area is 121 Å². The summed E-state index contributed by atoms with van der Waals surface area (Å²) >= 11 is 2.03. The van der Waals surface area contributed by atoms with Gasteiger partial charge in [0, 0.05) is 16.2 Å². The summed E-state index contributed by atoms with van der Waals surface area (Å²) in [6.45, 7) is 0.390. The molecule has 18 heavy (non-hydrogen) atoms. The molecule has 1 atom stereocenters. The molecule has 1 aromatic rings. The molecule has 2 rings (SSSR count). The first-order valence-corrected chi connectivity index (χ1v) is 8.46. The minimum absolute atomic E-state index is 0.108. The molecule has 0 radical (unpaired) electrons. The Bertz CT molecular complexity index is 518. The highest BCUT2D eigenvalue weighted by molar-refractivity contribution is 14.1. The molecule has 1 fully saturated rings. The zero-order chi connectivity index (χ0) is 13.2. The number of halogens is 1. The van der Waals surface area contributed by atoms with Crippen molar-refractivity contribution in [2.24, 2.45) is 0 Å². The van der Waals surface area contributed by atoms with Crippen molar-refractivity contribution in [1.29, 1.82) is 0 Å². The molecule has 4 nitrogen and oxygen atoms in total. The van der Waals surface area contributed by atoms with Gasteiger partial charge in [0.1, 0.15) is 0 Å². The first kappa shape index (κ1) is 14.2. The molecule has 0 spiro atoms. The van der Waals surface area contributed by atoms with E-state index in [0.29, 0.717) is 11.4 Å². The van der Waals surface area contributed by atoms with Gasteiger partial charge in [-0.1, -0.05) is 18.6 Å². The second-order valence-electron chi connectivity index (χ2n) is 4.38. The Morgan fingerprint density at radius 3 is 2.72 bits per heavy atom. The van der Waals surface area contributed by atoms with Crippen LogP contribution in [-0.2, 0) is 10.0 Å². The fourth-order valence-corrected chi connectivity index (χ4v) is 5.23. The number of rotatable bonds is 3. The fraction of sp³-hybridized carbons (Fsp3) is 0.500. The summed E-state index contributed by atoms with van der Waals surface area (Å²) in [7, 11) is -3.49. The van der Waals surface area contributed by atoms with Crippen LogP contribution < -0.4 is 0 Å². The largest absolute Gasteiger partial charge is 0.395 e. The summed E-state index contributed by atoms with van der Waals surface area (Å²) in [4.78, 5) is 0.339. The van der Waals surface area contributed by atoms with Crippen LogP contribution in [0.15, 0.2) is 29.2 Å². The molecule has 1 aliphatic heterocycles. The molecule has 1 aromatic carbocycles. The third kappa shape index (κ3) is 2.71. The average molecular weight is 381 g/mol. The zero-order valence-electron chi connectivity index (χ0n) is 9.92. The minimum atomic E-state index is -3.49. The van der Waals surface area contributed by atoms with Crippen LogP contribution in [0.2, 0.25) is 0 Å². The van der Waals surface area contributed by atoms with Crippen molar-refractivity contribution >= 4 is 32.6 Å². The molecule has 1 N–H and O–H groups in total. The number of nitrogens with zero attached hydrogens (tertiary/aromatic N) is 1. The van der Waals surface area contributed by atoms with Gasteiger partial charge in [0.25, 0.3) is 0 Å². The van der Waals surface area contributed by atoms with Crippen LogP contribution in [-0.4, -0.2) is 37.0 Å². The van der Waals surface area contributed by atoms with Crippen LogP contribution in [0.3, 0.4) is 0 Å². The monoisotopic (exact) mass is 381 g/mol. The maximum absolute atomic E-state index is 12.6. The van der Waals surface area contributed by atoms with E-state index in [2.05, 4.69) is 0 Å². The number of benzene rings is 1. The van der Waals surface area contributed by atoms with Gasteiger partial charge in [-0.25, -0.2) is 8.42 Å². The number of aliphatic hydroxyl groups is 1. The van der Waals surface area contributed by atoms with Gasteiger partial charge >= 0.3 is 0 Å². The lowest BCUT2D eigenvalue weighted by molar-refractivity contribution is 0.155. The third-order valence-corrected chi connectivity index (χ3v) is 6.52. The molecule has 6 heteroatoms. The van der Waals surface area contributed by atoms with Gasteiger partial charge in [-0.2, -0.15) is 4.31 Å². The number of piperidine rings is 1. The molecular weight excluding hydrogens is 365 g/mol. The highest BCUT2D eigenvalue weighted by Gasteiger charge is 2.33. The van der Waals surface area contributed by atoms with Crippen molar-refractivity contribution in [2.75, 3.05) is 13.2 Å². The normalized spacial score (nSPS) is 22.0. The molecule has 0 aromatic heterocycles. The van der Waals surface area contributed by atoms with E-state index in [1.165, 1.54) is 4.31 Å². The fourth-order valence-electron chi connectivity index (χ4n) is 2.25. The minimum Gasteiger partial charge on any atom is -0.395 e. The summed E-state index contributed by atoms with van der Waals surface area (Å²) in [5.41, 5.74) is 0. The topological polar surface area (TPSA) is 57.6 Å². The Balaban J connectivity index is 2.39. The van der Waals surface area contributed by atoms with Crippen LogP contribution >= 0.6 is 22.6 Å². The van der Waals surface area contributed by atoms with E-state index in [4.69, 9.17) is 0 Å². The van der Waals surface area contributed by atoms with Gasteiger partial charge in [0.15, 0.2) is 0 Å². The Morgan fingerprint density at radius 1 is 1.33 bits per heavy atom. The Morgan fingerprint density at radius 2 is 2.06 bits per heavy atom. The molecule has 100 valence electrons. The lowest BCUT2D eigenvalue weighted by atomic mass is 10.1. The second kappa shape index (κ2) is 5.85. The van der Waals surface area contributed by atoms with E-state index in [-0.39, 0.29) is 12.6 Å². The van der Waals surface area contributed by atoms with Crippen molar-refractivity contribution in [2.45, 2.75) is 30.2 Å². The SMILES string of the molecule is O=S(=O)(c1ccccc1I)N1CCCC[C@H]1CO. The smallest absolute Gasteiger partial charge is 0.244 e. The van der Waals surface area contributed by atoms with Gasteiger partial charge in [0.05, 0.1) is 11.5 Å².